The van der Waals surface area contributed by atoms with Gasteiger partial charge in [0.15, 0.2) is 0 Å². The molecule has 0 amide bonds. The van der Waals surface area contributed by atoms with E-state index >= 15 is 0 Å². The zero-order valence-electron chi connectivity index (χ0n) is 8.83. The molecule has 0 radical (unpaired) electrons. The number of carbonyl (C=O) groups is 2. The van der Waals surface area contributed by atoms with Crippen LogP contribution in [0.2, 0.25) is 0 Å². The van der Waals surface area contributed by atoms with Crippen LogP contribution < -0.4 is 5.48 Å². The van der Waals surface area contributed by atoms with Crippen molar-refractivity contribution >= 4 is 11.8 Å². The molecule has 1 N–H and O–H groups in total. The van der Waals surface area contributed by atoms with Crippen molar-refractivity contribution < 1.29 is 19.2 Å². The number of hydrogen-bond donors (Lipinski definition) is 1. The molecule has 0 aromatic rings. The van der Waals surface area contributed by atoms with Crippen molar-refractivity contribution in [1.29, 1.82) is 0 Å². The number of esters is 1. The third-order valence-corrected chi connectivity index (χ3v) is 1.63. The number of carbonyl (C=O) groups excluding carboxylic acids is 2. The lowest BCUT2D eigenvalue weighted by Gasteiger charge is -2.13. The first-order valence-corrected chi connectivity index (χ1v) is 4.53. The minimum atomic E-state index is -0.465. The van der Waals surface area contributed by atoms with Gasteiger partial charge in [0.2, 0.25) is 0 Å². The van der Waals surface area contributed by atoms with Crippen LogP contribution in [0.15, 0.2) is 0 Å². The van der Waals surface area contributed by atoms with Gasteiger partial charge in [-0.25, -0.2) is 5.48 Å². The van der Waals surface area contributed by atoms with E-state index in [-0.39, 0.29) is 24.7 Å². The molecule has 0 aromatic carbocycles. The normalized spacial score (nSPS) is 12.2. The van der Waals surface area contributed by atoms with Crippen LogP contribution in [0.5, 0.6) is 0 Å². The highest BCUT2D eigenvalue weighted by molar-refractivity contribution is 5.82. The summed E-state index contributed by atoms with van der Waals surface area (Å²) in [6, 6.07) is 0. The Morgan fingerprint density at radius 2 is 2.07 bits per heavy atom. The molecule has 0 aliphatic carbocycles. The highest BCUT2D eigenvalue weighted by Crippen LogP contribution is 2.05. The third kappa shape index (κ3) is 5.66. The van der Waals surface area contributed by atoms with E-state index in [2.05, 4.69) is 10.3 Å². The molecule has 0 saturated heterocycles. The largest absolute Gasteiger partial charge is 0.466 e. The van der Waals surface area contributed by atoms with Gasteiger partial charge in [-0.3, -0.25) is 4.79 Å². The smallest absolute Gasteiger partial charge is 0.310 e. The summed E-state index contributed by atoms with van der Waals surface area (Å²) in [6.45, 7) is 3.78. The van der Waals surface area contributed by atoms with Crippen LogP contribution in [0.4, 0.5) is 0 Å². The molecule has 0 aliphatic rings. The summed E-state index contributed by atoms with van der Waals surface area (Å²) in [5.41, 5.74) is 2.54. The average Bonchev–Trinajstić information content (AvgIpc) is 2.12. The van der Waals surface area contributed by atoms with E-state index < -0.39 is 5.92 Å². The van der Waals surface area contributed by atoms with Crippen molar-refractivity contribution in [3.63, 3.8) is 0 Å². The molecule has 82 valence electrons. The fraction of sp³-hybridized carbons (Fsp3) is 0.778. The molecule has 0 saturated carbocycles. The molecule has 0 fully saturated rings. The van der Waals surface area contributed by atoms with E-state index in [0.29, 0.717) is 6.61 Å². The Labute approximate surface area is 83.7 Å². The van der Waals surface area contributed by atoms with E-state index in [1.54, 1.807) is 6.92 Å². The van der Waals surface area contributed by atoms with E-state index in [4.69, 9.17) is 4.74 Å². The van der Waals surface area contributed by atoms with Crippen LogP contribution in [0.1, 0.15) is 20.3 Å². The van der Waals surface area contributed by atoms with Crippen LogP contribution in [0.3, 0.4) is 0 Å². The van der Waals surface area contributed by atoms with Crippen molar-refractivity contribution in [3.8, 4) is 0 Å². The lowest BCUT2D eigenvalue weighted by Crippen LogP contribution is -2.30. The molecule has 14 heavy (non-hydrogen) atoms. The third-order valence-electron chi connectivity index (χ3n) is 1.63. The summed E-state index contributed by atoms with van der Waals surface area (Å²) in [7, 11) is 1.45. The van der Waals surface area contributed by atoms with Gasteiger partial charge in [0.25, 0.3) is 0 Å². The number of ether oxygens (including phenoxy) is 1. The van der Waals surface area contributed by atoms with Crippen molar-refractivity contribution in [2.24, 2.45) is 5.92 Å². The number of rotatable bonds is 7. The fourth-order valence-corrected chi connectivity index (χ4v) is 1.03. The fourth-order valence-electron chi connectivity index (χ4n) is 1.03. The van der Waals surface area contributed by atoms with Gasteiger partial charge in [-0.15, -0.1) is 0 Å². The summed E-state index contributed by atoms with van der Waals surface area (Å²) in [5.74, 6) is -0.874. The van der Waals surface area contributed by atoms with E-state index in [1.165, 1.54) is 14.0 Å². The van der Waals surface area contributed by atoms with Crippen LogP contribution in [0.25, 0.3) is 0 Å². The molecule has 5 nitrogen and oxygen atoms in total. The lowest BCUT2D eigenvalue weighted by molar-refractivity contribution is -0.150. The van der Waals surface area contributed by atoms with Crippen molar-refractivity contribution in [2.45, 2.75) is 20.3 Å². The predicted octanol–water partition coefficient (Wildman–Crippen LogP) is 0.296. The van der Waals surface area contributed by atoms with Crippen LogP contribution >= 0.6 is 0 Å². The standard InChI is InChI=1S/C9H17NO4/c1-4-14-9(12)8(5-7(2)11)6-10-13-3/h8,10H,4-6H2,1-3H3. The zero-order valence-corrected chi connectivity index (χ0v) is 8.83. The van der Waals surface area contributed by atoms with Gasteiger partial charge in [0, 0.05) is 13.0 Å². The molecule has 0 heterocycles. The summed E-state index contributed by atoms with van der Waals surface area (Å²) in [5, 5.41) is 0. The monoisotopic (exact) mass is 203 g/mol. The summed E-state index contributed by atoms with van der Waals surface area (Å²) >= 11 is 0. The number of Topliss-reactive ketones (excluding diaryl/α,β-unsaturated/α-hetero) is 1. The van der Waals surface area contributed by atoms with Gasteiger partial charge in [-0.05, 0) is 13.8 Å². The maximum Gasteiger partial charge on any atom is 0.310 e. The summed E-state index contributed by atoms with van der Waals surface area (Å²) in [4.78, 5) is 26.8. The molecular weight excluding hydrogens is 186 g/mol. The Morgan fingerprint density at radius 3 is 2.50 bits per heavy atom. The van der Waals surface area contributed by atoms with Gasteiger partial charge < -0.3 is 14.4 Å². The Hall–Kier alpha value is -0.940. The van der Waals surface area contributed by atoms with Crippen LogP contribution in [-0.2, 0) is 19.2 Å². The van der Waals surface area contributed by atoms with Gasteiger partial charge in [-0.1, -0.05) is 0 Å². The maximum atomic E-state index is 11.3. The first-order chi connectivity index (χ1) is 6.61. The number of ketones is 1. The Morgan fingerprint density at radius 1 is 1.43 bits per heavy atom. The molecule has 0 rings (SSSR count). The van der Waals surface area contributed by atoms with Gasteiger partial charge in [0.05, 0.1) is 19.6 Å². The number of nitrogens with one attached hydrogen (secondary N) is 1. The lowest BCUT2D eigenvalue weighted by atomic mass is 10.0. The minimum absolute atomic E-state index is 0.0408. The molecule has 5 heteroatoms. The first-order valence-electron chi connectivity index (χ1n) is 4.53. The highest BCUT2D eigenvalue weighted by atomic mass is 16.6. The van der Waals surface area contributed by atoms with Crippen molar-refractivity contribution in [2.75, 3.05) is 20.3 Å². The number of hydrogen-bond acceptors (Lipinski definition) is 5. The second kappa shape index (κ2) is 7.46. The molecule has 0 aliphatic heterocycles. The van der Waals surface area contributed by atoms with E-state index in [0.717, 1.165) is 0 Å². The molecule has 1 unspecified atom stereocenters. The van der Waals surface area contributed by atoms with Gasteiger partial charge in [0.1, 0.15) is 5.78 Å². The quantitative estimate of drug-likeness (QED) is 0.476. The average molecular weight is 203 g/mol. The zero-order chi connectivity index (χ0) is 11.0. The van der Waals surface area contributed by atoms with Crippen LogP contribution in [-0.4, -0.2) is 32.0 Å². The maximum absolute atomic E-state index is 11.3. The molecule has 1 atom stereocenters. The second-order valence-corrected chi connectivity index (χ2v) is 2.91. The Kier molecular flexibility index (Phi) is 6.96. The topological polar surface area (TPSA) is 64.6 Å². The van der Waals surface area contributed by atoms with Gasteiger partial charge in [-0.2, -0.15) is 0 Å². The van der Waals surface area contributed by atoms with Crippen LogP contribution in [0, 0.1) is 5.92 Å². The SMILES string of the molecule is CCOC(=O)C(CNOC)CC(C)=O. The predicted molar refractivity (Wildman–Crippen MR) is 50.4 cm³/mol. The van der Waals surface area contributed by atoms with E-state index in [9.17, 15) is 9.59 Å². The second-order valence-electron chi connectivity index (χ2n) is 2.91. The van der Waals surface area contributed by atoms with Crippen molar-refractivity contribution in [1.82, 2.24) is 5.48 Å². The summed E-state index contributed by atoms with van der Waals surface area (Å²) in [6.07, 6.45) is 0.176. The Bertz CT molecular complexity index is 193. The molecule has 0 bridgehead atoms. The van der Waals surface area contributed by atoms with E-state index in [1.807, 2.05) is 0 Å². The number of hydroxylamine groups is 1. The minimum Gasteiger partial charge on any atom is -0.466 e. The van der Waals surface area contributed by atoms with Crippen molar-refractivity contribution in [3.05, 3.63) is 0 Å². The first kappa shape index (κ1) is 13.1. The molecule has 0 aromatic heterocycles. The summed E-state index contributed by atoms with van der Waals surface area (Å²) < 4.78 is 4.82. The highest BCUT2D eigenvalue weighted by Gasteiger charge is 2.21. The molecule has 0 spiro atoms. The Balaban J connectivity index is 4.08. The van der Waals surface area contributed by atoms with Gasteiger partial charge >= 0.3 is 5.97 Å². The molecular formula is C9H17NO4.